The van der Waals surface area contributed by atoms with Crippen LogP contribution in [-0.2, 0) is 14.6 Å². The lowest BCUT2D eigenvalue weighted by atomic mass is 10.1. The minimum absolute atomic E-state index is 0.151. The fourth-order valence-electron chi connectivity index (χ4n) is 1.90. The zero-order chi connectivity index (χ0) is 14.8. The average Bonchev–Trinajstić information content (AvgIpc) is 2.44. The molecule has 4 nitrogen and oxygen atoms in total. The van der Waals surface area contributed by atoms with E-state index in [9.17, 15) is 13.2 Å². The molecule has 0 aliphatic rings. The quantitative estimate of drug-likeness (QED) is 0.919. The summed E-state index contributed by atoms with van der Waals surface area (Å²) in [7, 11) is -3.56. The molecule has 0 saturated heterocycles. The van der Waals surface area contributed by atoms with Crippen LogP contribution >= 0.6 is 0 Å². The standard InChI is InChI=1S/C15H14O4S/c1-2-11-3-4-13-10-14(6-5-12(13)9-11)20(18,19)8-7-15(16)17/h2-6,9-10H,1,7-8H2,(H,16,17). The van der Waals surface area contributed by atoms with Crippen molar-refractivity contribution in [1.29, 1.82) is 0 Å². The highest BCUT2D eigenvalue weighted by atomic mass is 32.2. The van der Waals surface area contributed by atoms with Crippen LogP contribution in [0.25, 0.3) is 16.8 Å². The van der Waals surface area contributed by atoms with Gasteiger partial charge < -0.3 is 5.11 Å². The summed E-state index contributed by atoms with van der Waals surface area (Å²) in [5.74, 6) is -1.51. The number of benzene rings is 2. The fourth-order valence-corrected chi connectivity index (χ4v) is 3.16. The predicted octanol–water partition coefficient (Wildman–Crippen LogP) is 2.73. The molecule has 5 heteroatoms. The third-order valence-electron chi connectivity index (χ3n) is 3.02. The summed E-state index contributed by atoms with van der Waals surface area (Å²) in [6, 6.07) is 10.4. The van der Waals surface area contributed by atoms with Crippen LogP contribution in [0.4, 0.5) is 0 Å². The van der Waals surface area contributed by atoms with E-state index in [4.69, 9.17) is 5.11 Å². The highest BCUT2D eigenvalue weighted by Crippen LogP contribution is 2.22. The number of carboxylic acid groups (broad SMARTS) is 1. The number of carbonyl (C=O) groups is 1. The van der Waals surface area contributed by atoms with Gasteiger partial charge in [-0.25, -0.2) is 8.42 Å². The van der Waals surface area contributed by atoms with Gasteiger partial charge in [-0.1, -0.05) is 30.9 Å². The molecular formula is C15H14O4S. The van der Waals surface area contributed by atoms with Crippen molar-refractivity contribution in [3.05, 3.63) is 48.5 Å². The van der Waals surface area contributed by atoms with Gasteiger partial charge in [0.2, 0.25) is 0 Å². The van der Waals surface area contributed by atoms with Crippen LogP contribution < -0.4 is 0 Å². The van der Waals surface area contributed by atoms with Crippen LogP contribution in [0.3, 0.4) is 0 Å². The van der Waals surface area contributed by atoms with Crippen molar-refractivity contribution in [3.8, 4) is 0 Å². The van der Waals surface area contributed by atoms with Crippen molar-refractivity contribution in [2.45, 2.75) is 11.3 Å². The molecule has 0 spiro atoms. The first-order chi connectivity index (χ1) is 9.42. The van der Waals surface area contributed by atoms with Crippen LogP contribution in [0.5, 0.6) is 0 Å². The van der Waals surface area contributed by atoms with E-state index in [1.165, 1.54) is 6.07 Å². The second kappa shape index (κ2) is 5.46. The van der Waals surface area contributed by atoms with E-state index in [2.05, 4.69) is 6.58 Å². The summed E-state index contributed by atoms with van der Waals surface area (Å²) in [6.07, 6.45) is 1.33. The normalized spacial score (nSPS) is 11.4. The maximum atomic E-state index is 12.0. The highest BCUT2D eigenvalue weighted by molar-refractivity contribution is 7.91. The molecule has 1 N–H and O–H groups in total. The molecular weight excluding hydrogens is 276 g/mol. The van der Waals surface area contributed by atoms with Gasteiger partial charge in [0, 0.05) is 0 Å². The van der Waals surface area contributed by atoms with E-state index >= 15 is 0 Å². The summed E-state index contributed by atoms with van der Waals surface area (Å²) in [5, 5.41) is 10.3. The summed E-state index contributed by atoms with van der Waals surface area (Å²) in [5.41, 5.74) is 0.957. The average molecular weight is 290 g/mol. The monoisotopic (exact) mass is 290 g/mol. The van der Waals surface area contributed by atoms with E-state index in [1.807, 2.05) is 18.2 Å². The summed E-state index contributed by atoms with van der Waals surface area (Å²) in [4.78, 5) is 10.6. The smallest absolute Gasteiger partial charge is 0.304 e. The Hall–Kier alpha value is -2.14. The number of hydrogen-bond acceptors (Lipinski definition) is 3. The van der Waals surface area contributed by atoms with E-state index in [0.29, 0.717) is 0 Å². The lowest BCUT2D eigenvalue weighted by Crippen LogP contribution is -2.10. The van der Waals surface area contributed by atoms with E-state index in [-0.39, 0.29) is 4.90 Å². The summed E-state index contributed by atoms with van der Waals surface area (Å²) >= 11 is 0. The Morgan fingerprint density at radius 1 is 1.15 bits per heavy atom. The lowest BCUT2D eigenvalue weighted by Gasteiger charge is -2.05. The van der Waals surface area contributed by atoms with Crippen LogP contribution in [-0.4, -0.2) is 25.2 Å². The van der Waals surface area contributed by atoms with Gasteiger partial charge in [0.15, 0.2) is 9.84 Å². The van der Waals surface area contributed by atoms with Crippen molar-refractivity contribution >= 4 is 32.7 Å². The van der Waals surface area contributed by atoms with Gasteiger partial charge in [0.1, 0.15) is 0 Å². The number of sulfone groups is 1. The van der Waals surface area contributed by atoms with Crippen LogP contribution in [0.2, 0.25) is 0 Å². The first kappa shape index (κ1) is 14.3. The van der Waals surface area contributed by atoms with Crippen LogP contribution in [0.1, 0.15) is 12.0 Å². The predicted molar refractivity (Wildman–Crippen MR) is 78.3 cm³/mol. The molecule has 0 amide bonds. The molecule has 0 aliphatic heterocycles. The third-order valence-corrected chi connectivity index (χ3v) is 4.73. The summed E-state index contributed by atoms with van der Waals surface area (Å²) in [6.45, 7) is 3.68. The number of carboxylic acids is 1. The highest BCUT2D eigenvalue weighted by Gasteiger charge is 2.16. The molecule has 2 aromatic carbocycles. The Kier molecular flexibility index (Phi) is 3.90. The lowest BCUT2D eigenvalue weighted by molar-refractivity contribution is -0.136. The zero-order valence-corrected chi connectivity index (χ0v) is 11.6. The van der Waals surface area contributed by atoms with E-state index < -0.39 is 28.0 Å². The topological polar surface area (TPSA) is 71.4 Å². The minimum Gasteiger partial charge on any atom is -0.481 e. The van der Waals surface area contributed by atoms with Gasteiger partial charge in [-0.3, -0.25) is 4.79 Å². The summed E-state index contributed by atoms with van der Waals surface area (Å²) < 4.78 is 24.0. The molecule has 20 heavy (non-hydrogen) atoms. The van der Waals surface area contributed by atoms with E-state index in [1.54, 1.807) is 18.2 Å². The van der Waals surface area contributed by atoms with Gasteiger partial charge in [-0.2, -0.15) is 0 Å². The first-order valence-electron chi connectivity index (χ1n) is 6.03. The van der Waals surface area contributed by atoms with Crippen molar-refractivity contribution < 1.29 is 18.3 Å². The maximum absolute atomic E-state index is 12.0. The van der Waals surface area contributed by atoms with Gasteiger partial charge in [-0.15, -0.1) is 0 Å². The molecule has 0 unspecified atom stereocenters. The fraction of sp³-hybridized carbons (Fsp3) is 0.133. The van der Waals surface area contributed by atoms with E-state index in [0.717, 1.165) is 16.3 Å². The Bertz CT molecular complexity index is 776. The van der Waals surface area contributed by atoms with Gasteiger partial charge in [-0.05, 0) is 34.5 Å². The van der Waals surface area contributed by atoms with Gasteiger partial charge in [0.25, 0.3) is 0 Å². The molecule has 0 fully saturated rings. The molecule has 0 atom stereocenters. The van der Waals surface area contributed by atoms with Crippen molar-refractivity contribution in [1.82, 2.24) is 0 Å². The molecule has 2 rings (SSSR count). The second-order valence-electron chi connectivity index (χ2n) is 4.44. The maximum Gasteiger partial charge on any atom is 0.304 e. The van der Waals surface area contributed by atoms with Crippen molar-refractivity contribution in [2.24, 2.45) is 0 Å². The molecule has 0 aromatic heterocycles. The molecule has 0 heterocycles. The number of hydrogen-bond donors (Lipinski definition) is 1. The third kappa shape index (κ3) is 3.05. The number of rotatable bonds is 5. The van der Waals surface area contributed by atoms with Crippen LogP contribution in [0.15, 0.2) is 47.9 Å². The van der Waals surface area contributed by atoms with Crippen molar-refractivity contribution in [3.63, 3.8) is 0 Å². The molecule has 104 valence electrons. The number of fused-ring (bicyclic) bond motifs is 1. The first-order valence-corrected chi connectivity index (χ1v) is 7.68. The minimum atomic E-state index is -3.56. The number of aliphatic carboxylic acids is 1. The molecule has 0 radical (unpaired) electrons. The largest absolute Gasteiger partial charge is 0.481 e. The zero-order valence-electron chi connectivity index (χ0n) is 10.7. The molecule has 0 bridgehead atoms. The second-order valence-corrected chi connectivity index (χ2v) is 6.54. The Morgan fingerprint density at radius 3 is 2.45 bits per heavy atom. The van der Waals surface area contributed by atoms with Gasteiger partial charge in [0.05, 0.1) is 17.1 Å². The molecule has 2 aromatic rings. The van der Waals surface area contributed by atoms with Crippen molar-refractivity contribution in [2.75, 3.05) is 5.75 Å². The molecule has 0 aliphatic carbocycles. The molecule has 0 saturated carbocycles. The van der Waals surface area contributed by atoms with Crippen LogP contribution in [0, 0.1) is 0 Å². The Labute approximate surface area is 117 Å². The Balaban J connectivity index is 2.41. The SMILES string of the molecule is C=Cc1ccc2cc(S(=O)(=O)CCC(=O)O)ccc2c1. The van der Waals surface area contributed by atoms with Gasteiger partial charge >= 0.3 is 5.97 Å². The Morgan fingerprint density at radius 2 is 1.80 bits per heavy atom.